The molecule has 0 bridgehead atoms. The second-order valence-corrected chi connectivity index (χ2v) is 9.89. The summed E-state index contributed by atoms with van der Waals surface area (Å²) in [7, 11) is 0. The maximum atomic E-state index is 13.2. The van der Waals surface area contributed by atoms with Crippen molar-refractivity contribution in [2.75, 3.05) is 44.2 Å². The molecular formula is C30H32F6N2O2. The summed E-state index contributed by atoms with van der Waals surface area (Å²) in [5.41, 5.74) is 0.288. The van der Waals surface area contributed by atoms with Gasteiger partial charge in [0, 0.05) is 45.0 Å². The molecule has 3 aromatic carbocycles. The van der Waals surface area contributed by atoms with Crippen molar-refractivity contribution in [3.8, 4) is 5.75 Å². The first kappa shape index (κ1) is 29.7. The van der Waals surface area contributed by atoms with E-state index in [1.54, 1.807) is 12.1 Å². The summed E-state index contributed by atoms with van der Waals surface area (Å²) in [5, 5.41) is 9.08. The number of benzene rings is 3. The molecule has 1 aliphatic heterocycles. The topological polar surface area (TPSA) is 35.9 Å². The lowest BCUT2D eigenvalue weighted by atomic mass is 10.0. The molecule has 0 amide bonds. The lowest BCUT2D eigenvalue weighted by Gasteiger charge is -2.36. The summed E-state index contributed by atoms with van der Waals surface area (Å²) in [6, 6.07) is 17.0. The van der Waals surface area contributed by atoms with Crippen LogP contribution in [0.4, 0.5) is 32.0 Å². The van der Waals surface area contributed by atoms with Crippen molar-refractivity contribution in [3.63, 3.8) is 0 Å². The van der Waals surface area contributed by atoms with Crippen molar-refractivity contribution in [1.29, 1.82) is 0 Å². The van der Waals surface area contributed by atoms with Gasteiger partial charge in [0.25, 0.3) is 0 Å². The molecule has 0 atom stereocenters. The number of aliphatic hydroxyl groups is 1. The van der Waals surface area contributed by atoms with Crippen molar-refractivity contribution in [1.82, 2.24) is 4.90 Å². The summed E-state index contributed by atoms with van der Waals surface area (Å²) in [6.07, 6.45) is -7.61. The number of para-hydroxylation sites is 1. The Morgan fingerprint density at radius 2 is 1.40 bits per heavy atom. The van der Waals surface area contributed by atoms with E-state index in [-0.39, 0.29) is 18.2 Å². The van der Waals surface area contributed by atoms with Crippen LogP contribution < -0.4 is 9.64 Å². The van der Waals surface area contributed by atoms with Gasteiger partial charge in [-0.15, -0.1) is 0 Å². The Kier molecular flexibility index (Phi) is 9.63. The fourth-order valence-electron chi connectivity index (χ4n) is 4.82. The SMILES string of the molecule is OCCCc1cccc(N2CCN(CCc3ccccc3OCc3cc(C(F)(F)F)cc(C(F)(F)F)c3)CC2)c1. The third-order valence-corrected chi connectivity index (χ3v) is 6.98. The molecule has 0 radical (unpaired) electrons. The van der Waals surface area contributed by atoms with Gasteiger partial charge in [-0.05, 0) is 72.4 Å². The summed E-state index contributed by atoms with van der Waals surface area (Å²) < 4.78 is 84.9. The standard InChI is InChI=1S/C30H32F6N2O2/c31-29(32,33)25-17-23(18-26(20-25)30(34,35)36)21-40-28-9-2-1-7-24(28)10-11-37-12-14-38(15-13-37)27-8-3-5-22(19-27)6-4-16-39/h1-3,5,7-9,17-20,39H,4,6,10-16,21H2. The van der Waals surface area contributed by atoms with Crippen LogP contribution in [0.5, 0.6) is 5.75 Å². The normalized spacial score (nSPS) is 14.9. The van der Waals surface area contributed by atoms with Crippen LogP contribution in [-0.4, -0.2) is 49.3 Å². The van der Waals surface area contributed by atoms with E-state index in [2.05, 4.69) is 28.0 Å². The zero-order valence-corrected chi connectivity index (χ0v) is 21.9. The first-order valence-corrected chi connectivity index (χ1v) is 13.2. The number of anilines is 1. The number of aliphatic hydroxyl groups excluding tert-OH is 1. The molecule has 0 aliphatic carbocycles. The van der Waals surface area contributed by atoms with Gasteiger partial charge in [-0.25, -0.2) is 0 Å². The Morgan fingerprint density at radius 3 is 2.05 bits per heavy atom. The molecular weight excluding hydrogens is 534 g/mol. The average Bonchev–Trinajstić information content (AvgIpc) is 2.93. The summed E-state index contributed by atoms with van der Waals surface area (Å²) in [5.74, 6) is 0.437. The van der Waals surface area contributed by atoms with Crippen LogP contribution in [0.15, 0.2) is 66.7 Å². The fourth-order valence-corrected chi connectivity index (χ4v) is 4.82. The minimum Gasteiger partial charge on any atom is -0.489 e. The number of aryl methyl sites for hydroxylation is 1. The first-order valence-electron chi connectivity index (χ1n) is 13.2. The second-order valence-electron chi connectivity index (χ2n) is 9.89. The average molecular weight is 567 g/mol. The van der Waals surface area contributed by atoms with Gasteiger partial charge in [-0.2, -0.15) is 26.3 Å². The van der Waals surface area contributed by atoms with E-state index >= 15 is 0 Å². The van der Waals surface area contributed by atoms with E-state index < -0.39 is 30.1 Å². The van der Waals surface area contributed by atoms with Crippen LogP contribution >= 0.6 is 0 Å². The van der Waals surface area contributed by atoms with Gasteiger partial charge in [0.15, 0.2) is 0 Å². The van der Waals surface area contributed by atoms with Gasteiger partial charge in [0.2, 0.25) is 0 Å². The number of hydrogen-bond acceptors (Lipinski definition) is 4. The Hall–Kier alpha value is -3.24. The van der Waals surface area contributed by atoms with E-state index in [1.807, 2.05) is 18.2 Å². The molecule has 1 heterocycles. The van der Waals surface area contributed by atoms with E-state index in [0.29, 0.717) is 24.3 Å². The number of nitrogens with zero attached hydrogens (tertiary/aromatic N) is 2. The maximum absolute atomic E-state index is 13.2. The smallest absolute Gasteiger partial charge is 0.416 e. The first-order chi connectivity index (χ1) is 19.0. The van der Waals surface area contributed by atoms with Gasteiger partial charge in [0.05, 0.1) is 11.1 Å². The molecule has 0 saturated carbocycles. The van der Waals surface area contributed by atoms with E-state index in [0.717, 1.165) is 56.8 Å². The number of halogens is 6. The predicted octanol–water partition coefficient (Wildman–Crippen LogP) is 6.59. The van der Waals surface area contributed by atoms with Crippen LogP contribution in [0.3, 0.4) is 0 Å². The summed E-state index contributed by atoms with van der Waals surface area (Å²) in [6.45, 7) is 3.92. The predicted molar refractivity (Wildman–Crippen MR) is 141 cm³/mol. The van der Waals surface area contributed by atoms with Crippen LogP contribution in [-0.2, 0) is 31.8 Å². The number of ether oxygens (including phenoxy) is 1. The quantitative estimate of drug-likeness (QED) is 0.281. The van der Waals surface area contributed by atoms with E-state index in [4.69, 9.17) is 9.84 Å². The Labute approximate surface area is 229 Å². The number of piperazine rings is 1. The number of rotatable bonds is 10. The minimum atomic E-state index is -4.90. The van der Waals surface area contributed by atoms with Gasteiger partial charge in [-0.1, -0.05) is 30.3 Å². The molecule has 216 valence electrons. The highest BCUT2D eigenvalue weighted by atomic mass is 19.4. The lowest BCUT2D eigenvalue weighted by Crippen LogP contribution is -2.47. The molecule has 1 fully saturated rings. The van der Waals surface area contributed by atoms with E-state index in [1.165, 1.54) is 5.56 Å². The molecule has 0 unspecified atom stereocenters. The van der Waals surface area contributed by atoms with Crippen molar-refractivity contribution in [3.05, 3.63) is 94.5 Å². The molecule has 4 nitrogen and oxygen atoms in total. The van der Waals surface area contributed by atoms with Crippen LogP contribution in [0.1, 0.15) is 34.2 Å². The molecule has 10 heteroatoms. The molecule has 1 saturated heterocycles. The van der Waals surface area contributed by atoms with Crippen molar-refractivity contribution < 1.29 is 36.2 Å². The lowest BCUT2D eigenvalue weighted by molar-refractivity contribution is -0.143. The highest BCUT2D eigenvalue weighted by Crippen LogP contribution is 2.36. The fraction of sp³-hybridized carbons (Fsp3) is 0.400. The van der Waals surface area contributed by atoms with Gasteiger partial charge in [0.1, 0.15) is 12.4 Å². The second kappa shape index (κ2) is 13.0. The van der Waals surface area contributed by atoms with Crippen molar-refractivity contribution in [2.24, 2.45) is 0 Å². The van der Waals surface area contributed by atoms with E-state index in [9.17, 15) is 26.3 Å². The Bertz CT molecular complexity index is 1220. The molecule has 1 aliphatic rings. The van der Waals surface area contributed by atoms with Gasteiger partial charge in [-0.3, -0.25) is 4.90 Å². The Balaban J connectivity index is 1.34. The molecule has 0 aromatic heterocycles. The Morgan fingerprint density at radius 1 is 0.725 bits per heavy atom. The molecule has 0 spiro atoms. The highest BCUT2D eigenvalue weighted by Gasteiger charge is 2.37. The monoisotopic (exact) mass is 566 g/mol. The molecule has 4 rings (SSSR count). The van der Waals surface area contributed by atoms with Gasteiger partial charge < -0.3 is 14.7 Å². The van der Waals surface area contributed by atoms with Gasteiger partial charge >= 0.3 is 12.4 Å². The maximum Gasteiger partial charge on any atom is 0.416 e. The van der Waals surface area contributed by atoms with Crippen LogP contribution in [0.2, 0.25) is 0 Å². The molecule has 1 N–H and O–H groups in total. The third kappa shape index (κ3) is 8.14. The number of alkyl halides is 6. The van der Waals surface area contributed by atoms with Crippen molar-refractivity contribution in [2.45, 2.75) is 38.2 Å². The third-order valence-electron chi connectivity index (χ3n) is 6.98. The summed E-state index contributed by atoms with van der Waals surface area (Å²) >= 11 is 0. The van der Waals surface area contributed by atoms with Crippen LogP contribution in [0.25, 0.3) is 0 Å². The largest absolute Gasteiger partial charge is 0.489 e. The zero-order valence-electron chi connectivity index (χ0n) is 21.9. The summed E-state index contributed by atoms with van der Waals surface area (Å²) in [4.78, 5) is 4.66. The zero-order chi connectivity index (χ0) is 28.8. The molecule has 40 heavy (non-hydrogen) atoms. The van der Waals surface area contributed by atoms with Crippen molar-refractivity contribution >= 4 is 5.69 Å². The molecule has 3 aromatic rings. The van der Waals surface area contributed by atoms with Crippen LogP contribution in [0, 0.1) is 0 Å². The minimum absolute atomic E-state index is 0.116. The number of hydrogen-bond donors (Lipinski definition) is 1. The highest BCUT2D eigenvalue weighted by molar-refractivity contribution is 5.49.